The lowest BCUT2D eigenvalue weighted by Crippen LogP contribution is -2.30. The summed E-state index contributed by atoms with van der Waals surface area (Å²) in [6, 6.07) is 16.2. The Bertz CT molecular complexity index is 1180. The summed E-state index contributed by atoms with van der Waals surface area (Å²) < 4.78 is 27.9. The molecule has 9 heteroatoms. The number of sulfonamides is 1. The average molecular weight is 461 g/mol. The second-order valence-corrected chi connectivity index (χ2v) is 9.22. The van der Waals surface area contributed by atoms with Crippen molar-refractivity contribution in [3.8, 4) is 0 Å². The zero-order valence-corrected chi connectivity index (χ0v) is 19.0. The Morgan fingerprint density at radius 2 is 1.65 bits per heavy atom. The fourth-order valence-corrected chi connectivity index (χ4v) is 4.82. The molecule has 0 aliphatic carbocycles. The van der Waals surface area contributed by atoms with E-state index in [4.69, 9.17) is 11.6 Å². The van der Waals surface area contributed by atoms with Crippen LogP contribution in [0.25, 0.3) is 0 Å². The predicted molar refractivity (Wildman–Crippen MR) is 123 cm³/mol. The fraction of sp³-hybridized carbons (Fsp3) is 0.273. The summed E-state index contributed by atoms with van der Waals surface area (Å²) >= 11 is 6.26. The quantitative estimate of drug-likeness (QED) is 0.527. The predicted octanol–water partition coefficient (Wildman–Crippen LogP) is 3.59. The van der Waals surface area contributed by atoms with Crippen molar-refractivity contribution in [3.63, 3.8) is 0 Å². The molecular weight excluding hydrogens is 436 g/mol. The molecule has 1 aromatic heterocycles. The summed E-state index contributed by atoms with van der Waals surface area (Å²) in [5.41, 5.74) is 1.85. The Balaban J connectivity index is 1.70. The molecule has 0 amide bonds. The van der Waals surface area contributed by atoms with Crippen LogP contribution >= 0.6 is 11.6 Å². The van der Waals surface area contributed by atoms with Gasteiger partial charge in [-0.05, 0) is 23.3 Å². The highest BCUT2D eigenvalue weighted by Crippen LogP contribution is 2.19. The minimum atomic E-state index is -3.49. The maximum absolute atomic E-state index is 12.6. The van der Waals surface area contributed by atoms with E-state index in [1.807, 2.05) is 44.2 Å². The zero-order valence-electron chi connectivity index (χ0n) is 17.5. The lowest BCUT2D eigenvalue weighted by atomic mass is 10.2. The fourth-order valence-electron chi connectivity index (χ4n) is 3.15. The minimum Gasteiger partial charge on any atom is -0.378 e. The smallest absolute Gasteiger partial charge is 0.287 e. The molecule has 31 heavy (non-hydrogen) atoms. The molecule has 1 N–H and O–H groups in total. The first-order chi connectivity index (χ1) is 14.9. The molecule has 0 atom stereocenters. The van der Waals surface area contributed by atoms with Crippen LogP contribution in [0.5, 0.6) is 0 Å². The molecule has 0 unspecified atom stereocenters. The largest absolute Gasteiger partial charge is 0.378 e. The summed E-state index contributed by atoms with van der Waals surface area (Å²) in [5, 5.41) is 7.36. The van der Waals surface area contributed by atoms with Crippen LogP contribution in [0.2, 0.25) is 5.02 Å². The van der Waals surface area contributed by atoms with Crippen molar-refractivity contribution in [2.45, 2.75) is 31.8 Å². The van der Waals surface area contributed by atoms with Crippen molar-refractivity contribution in [1.29, 1.82) is 0 Å². The van der Waals surface area contributed by atoms with Gasteiger partial charge in [-0.3, -0.25) is 4.79 Å². The molecule has 0 bridgehead atoms. The molecule has 0 saturated heterocycles. The van der Waals surface area contributed by atoms with Crippen LogP contribution < -0.4 is 10.9 Å². The zero-order chi connectivity index (χ0) is 22.4. The van der Waals surface area contributed by atoms with Crippen molar-refractivity contribution in [2.75, 3.05) is 18.4 Å². The molecule has 1 heterocycles. The van der Waals surface area contributed by atoms with Gasteiger partial charge >= 0.3 is 0 Å². The van der Waals surface area contributed by atoms with E-state index in [0.717, 1.165) is 11.1 Å². The minimum absolute atomic E-state index is 0.0617. The third kappa shape index (κ3) is 5.33. The second kappa shape index (κ2) is 10.1. The number of hydrogen-bond acceptors (Lipinski definition) is 5. The van der Waals surface area contributed by atoms with Crippen LogP contribution in [-0.4, -0.2) is 35.6 Å². The summed E-state index contributed by atoms with van der Waals surface area (Å²) in [6.45, 7) is 5.17. The van der Waals surface area contributed by atoms with Gasteiger partial charge in [0.1, 0.15) is 5.02 Å². The standard InChI is InChI=1S/C22H25ClN4O3S/c1-3-26(4-2)31(29,30)19-12-10-17(11-13-19)14-24-20-15-25-27(22(28)21(20)23)16-18-8-6-5-7-9-18/h5-13,15,24H,3-4,14,16H2,1-2H3. The third-order valence-electron chi connectivity index (χ3n) is 4.91. The van der Waals surface area contributed by atoms with E-state index in [2.05, 4.69) is 10.4 Å². The average Bonchev–Trinajstić information content (AvgIpc) is 2.78. The number of hydrogen-bond donors (Lipinski definition) is 1. The Morgan fingerprint density at radius 1 is 1.00 bits per heavy atom. The molecule has 0 radical (unpaired) electrons. The van der Waals surface area contributed by atoms with E-state index in [1.54, 1.807) is 24.3 Å². The van der Waals surface area contributed by atoms with Gasteiger partial charge in [0.15, 0.2) is 0 Å². The summed E-state index contributed by atoms with van der Waals surface area (Å²) in [7, 11) is -3.49. The molecule has 0 spiro atoms. The maximum Gasteiger partial charge on any atom is 0.287 e. The Morgan fingerprint density at radius 3 is 2.26 bits per heavy atom. The van der Waals surface area contributed by atoms with Crippen molar-refractivity contribution >= 4 is 27.3 Å². The Hall–Kier alpha value is -2.68. The lowest BCUT2D eigenvalue weighted by Gasteiger charge is -2.18. The van der Waals surface area contributed by atoms with Gasteiger partial charge in [0, 0.05) is 19.6 Å². The van der Waals surface area contributed by atoms with Crippen molar-refractivity contribution in [2.24, 2.45) is 0 Å². The summed E-state index contributed by atoms with van der Waals surface area (Å²) in [4.78, 5) is 12.8. The first kappa shape index (κ1) is 23.0. The van der Waals surface area contributed by atoms with Gasteiger partial charge in [0.25, 0.3) is 5.56 Å². The molecular formula is C22H25ClN4O3S. The molecule has 0 saturated carbocycles. The van der Waals surface area contributed by atoms with Crippen molar-refractivity contribution in [3.05, 3.63) is 87.3 Å². The Kier molecular flexibility index (Phi) is 7.48. The SMILES string of the molecule is CCN(CC)S(=O)(=O)c1ccc(CNc2cnn(Cc3ccccc3)c(=O)c2Cl)cc1. The molecule has 7 nitrogen and oxygen atoms in total. The molecule has 3 aromatic rings. The van der Waals surface area contributed by atoms with Gasteiger partial charge < -0.3 is 5.32 Å². The van der Waals surface area contributed by atoms with Crippen LogP contribution in [0, 0.1) is 0 Å². The van der Waals surface area contributed by atoms with Crippen molar-refractivity contribution < 1.29 is 8.42 Å². The van der Waals surface area contributed by atoms with Crippen molar-refractivity contribution in [1.82, 2.24) is 14.1 Å². The highest BCUT2D eigenvalue weighted by atomic mass is 35.5. The van der Waals surface area contributed by atoms with Crippen LogP contribution in [0.3, 0.4) is 0 Å². The first-order valence-electron chi connectivity index (χ1n) is 9.99. The topological polar surface area (TPSA) is 84.3 Å². The maximum atomic E-state index is 12.6. The number of halogens is 1. The number of nitrogens with zero attached hydrogens (tertiary/aromatic N) is 3. The molecule has 0 aliphatic heterocycles. The van der Waals surface area contributed by atoms with E-state index in [-0.39, 0.29) is 15.5 Å². The Labute approximate surface area is 187 Å². The second-order valence-electron chi connectivity index (χ2n) is 6.91. The van der Waals surface area contributed by atoms with Gasteiger partial charge in [-0.2, -0.15) is 9.40 Å². The number of benzene rings is 2. The van der Waals surface area contributed by atoms with E-state index in [9.17, 15) is 13.2 Å². The number of anilines is 1. The van der Waals surface area contributed by atoms with Crippen LogP contribution in [-0.2, 0) is 23.1 Å². The van der Waals surface area contributed by atoms with Gasteiger partial charge in [0.05, 0.1) is 23.3 Å². The highest BCUT2D eigenvalue weighted by Gasteiger charge is 2.21. The molecule has 0 fully saturated rings. The van der Waals surface area contributed by atoms with E-state index in [0.29, 0.717) is 31.9 Å². The number of aromatic nitrogens is 2. The van der Waals surface area contributed by atoms with Gasteiger partial charge in [-0.25, -0.2) is 13.1 Å². The first-order valence-corrected chi connectivity index (χ1v) is 11.8. The van der Waals surface area contributed by atoms with Crippen LogP contribution in [0.4, 0.5) is 5.69 Å². The van der Waals surface area contributed by atoms with E-state index < -0.39 is 10.0 Å². The molecule has 3 rings (SSSR count). The highest BCUT2D eigenvalue weighted by molar-refractivity contribution is 7.89. The van der Waals surface area contributed by atoms with Crippen LogP contribution in [0.1, 0.15) is 25.0 Å². The monoisotopic (exact) mass is 460 g/mol. The van der Waals surface area contributed by atoms with E-state index >= 15 is 0 Å². The molecule has 164 valence electrons. The molecule has 2 aromatic carbocycles. The number of rotatable bonds is 9. The van der Waals surface area contributed by atoms with Gasteiger partial charge in [0.2, 0.25) is 10.0 Å². The summed E-state index contributed by atoms with van der Waals surface area (Å²) in [6.07, 6.45) is 1.52. The number of nitrogens with one attached hydrogen (secondary N) is 1. The summed E-state index contributed by atoms with van der Waals surface area (Å²) in [5.74, 6) is 0. The van der Waals surface area contributed by atoms with E-state index in [1.165, 1.54) is 15.2 Å². The van der Waals surface area contributed by atoms with Crippen LogP contribution in [0.15, 0.2) is 70.5 Å². The van der Waals surface area contributed by atoms with Gasteiger partial charge in [-0.1, -0.05) is 67.9 Å². The third-order valence-corrected chi connectivity index (χ3v) is 7.34. The van der Waals surface area contributed by atoms with Gasteiger partial charge in [-0.15, -0.1) is 0 Å². The molecule has 0 aliphatic rings. The normalized spacial score (nSPS) is 11.6. The lowest BCUT2D eigenvalue weighted by molar-refractivity contribution is 0.445.